The van der Waals surface area contributed by atoms with Gasteiger partial charge in [-0.1, -0.05) is 13.8 Å². The van der Waals surface area contributed by atoms with E-state index in [4.69, 9.17) is 5.73 Å². The Kier molecular flexibility index (Phi) is 3.57. The summed E-state index contributed by atoms with van der Waals surface area (Å²) < 4.78 is 1.99. The van der Waals surface area contributed by atoms with Gasteiger partial charge in [0.05, 0.1) is 6.20 Å². The summed E-state index contributed by atoms with van der Waals surface area (Å²) in [6.07, 6.45) is 8.92. The smallest absolute Gasteiger partial charge is 0.0521 e. The topological polar surface area (TPSA) is 43.8 Å². The predicted octanol–water partition coefficient (Wildman–Crippen LogP) is 2.60. The Hall–Kier alpha value is -0.830. The first-order valence-electron chi connectivity index (χ1n) is 6.77. The maximum absolute atomic E-state index is 6.26. The number of hydrogen-bond acceptors (Lipinski definition) is 2. The van der Waals surface area contributed by atoms with Crippen LogP contribution in [0.25, 0.3) is 0 Å². The number of rotatable bonds is 3. The van der Waals surface area contributed by atoms with Crippen LogP contribution >= 0.6 is 0 Å². The molecule has 1 heterocycles. The number of nitrogens with two attached hydrogens (primary N) is 1. The molecule has 1 aromatic rings. The normalized spacial score (nSPS) is 28.2. The van der Waals surface area contributed by atoms with E-state index < -0.39 is 0 Å². The fourth-order valence-corrected chi connectivity index (χ4v) is 2.97. The molecule has 3 heteroatoms. The van der Waals surface area contributed by atoms with Gasteiger partial charge in [0.15, 0.2) is 0 Å². The molecule has 0 spiro atoms. The van der Waals surface area contributed by atoms with Gasteiger partial charge in [0.1, 0.15) is 0 Å². The molecule has 1 saturated carbocycles. The zero-order chi connectivity index (χ0) is 12.5. The first kappa shape index (κ1) is 12.6. The molecular formula is C14H25N3. The SMILES string of the molecule is CCn1cc(CC2CC(C)(C)CCC2N)cn1. The Morgan fingerprint density at radius 2 is 2.29 bits per heavy atom. The van der Waals surface area contributed by atoms with Crippen LogP contribution in [-0.4, -0.2) is 15.8 Å². The Morgan fingerprint density at radius 1 is 1.53 bits per heavy atom. The van der Waals surface area contributed by atoms with Crippen LogP contribution in [0.4, 0.5) is 0 Å². The van der Waals surface area contributed by atoms with Gasteiger partial charge in [0, 0.05) is 18.8 Å². The summed E-state index contributed by atoms with van der Waals surface area (Å²) in [6.45, 7) is 7.79. The van der Waals surface area contributed by atoms with Crippen molar-refractivity contribution < 1.29 is 0 Å². The second-order valence-corrected chi connectivity index (χ2v) is 6.24. The van der Waals surface area contributed by atoms with Gasteiger partial charge in [-0.15, -0.1) is 0 Å². The molecule has 1 aliphatic rings. The zero-order valence-corrected chi connectivity index (χ0v) is 11.3. The van der Waals surface area contributed by atoms with E-state index in [1.54, 1.807) is 0 Å². The minimum Gasteiger partial charge on any atom is -0.327 e. The second kappa shape index (κ2) is 4.81. The van der Waals surface area contributed by atoms with E-state index in [0.29, 0.717) is 17.4 Å². The van der Waals surface area contributed by atoms with Gasteiger partial charge >= 0.3 is 0 Å². The van der Waals surface area contributed by atoms with Crippen LogP contribution in [0.1, 0.15) is 45.6 Å². The van der Waals surface area contributed by atoms with Crippen molar-refractivity contribution in [2.24, 2.45) is 17.1 Å². The number of nitrogens with zero attached hydrogens (tertiary/aromatic N) is 2. The van der Waals surface area contributed by atoms with Crippen LogP contribution in [0.5, 0.6) is 0 Å². The van der Waals surface area contributed by atoms with Crippen LogP contribution in [0.15, 0.2) is 12.4 Å². The fourth-order valence-electron chi connectivity index (χ4n) is 2.97. The van der Waals surface area contributed by atoms with Gasteiger partial charge < -0.3 is 5.73 Å². The Balaban J connectivity index is 2.01. The van der Waals surface area contributed by atoms with Crippen molar-refractivity contribution in [2.75, 3.05) is 0 Å². The molecule has 0 aromatic carbocycles. The standard InChI is InChI=1S/C14H25N3/c1-4-17-10-11(9-16-17)7-12-8-14(2,3)6-5-13(12)15/h9-10,12-13H,4-8,15H2,1-3H3. The van der Waals surface area contributed by atoms with Gasteiger partial charge in [0.25, 0.3) is 0 Å². The molecule has 3 nitrogen and oxygen atoms in total. The van der Waals surface area contributed by atoms with Crippen LogP contribution in [0.3, 0.4) is 0 Å². The monoisotopic (exact) mass is 235 g/mol. The van der Waals surface area contributed by atoms with Crippen molar-refractivity contribution in [2.45, 2.75) is 59.0 Å². The molecule has 2 N–H and O–H groups in total. The van der Waals surface area contributed by atoms with Crippen molar-refractivity contribution in [3.8, 4) is 0 Å². The highest BCUT2D eigenvalue weighted by Crippen LogP contribution is 2.39. The lowest BCUT2D eigenvalue weighted by Gasteiger charge is -2.39. The van der Waals surface area contributed by atoms with E-state index >= 15 is 0 Å². The lowest BCUT2D eigenvalue weighted by molar-refractivity contribution is 0.157. The number of aromatic nitrogens is 2. The molecule has 96 valence electrons. The first-order valence-corrected chi connectivity index (χ1v) is 6.77. The lowest BCUT2D eigenvalue weighted by Crippen LogP contribution is -2.40. The highest BCUT2D eigenvalue weighted by molar-refractivity contribution is 5.07. The fraction of sp³-hybridized carbons (Fsp3) is 0.786. The molecule has 2 atom stereocenters. The minimum absolute atomic E-state index is 0.369. The van der Waals surface area contributed by atoms with Crippen molar-refractivity contribution >= 4 is 0 Å². The number of hydrogen-bond donors (Lipinski definition) is 1. The summed E-state index contributed by atoms with van der Waals surface area (Å²) in [5.41, 5.74) is 8.06. The molecule has 0 radical (unpaired) electrons. The average molecular weight is 235 g/mol. The van der Waals surface area contributed by atoms with E-state index in [1.807, 2.05) is 10.9 Å². The molecule has 17 heavy (non-hydrogen) atoms. The third-order valence-corrected chi connectivity index (χ3v) is 4.08. The summed E-state index contributed by atoms with van der Waals surface area (Å²) in [7, 11) is 0. The molecule has 0 saturated heterocycles. The van der Waals surface area contributed by atoms with Crippen molar-refractivity contribution in [3.63, 3.8) is 0 Å². The zero-order valence-electron chi connectivity index (χ0n) is 11.3. The molecule has 2 rings (SSSR count). The van der Waals surface area contributed by atoms with Crippen molar-refractivity contribution in [3.05, 3.63) is 18.0 Å². The maximum atomic E-state index is 6.26. The molecule has 1 fully saturated rings. The molecular weight excluding hydrogens is 210 g/mol. The first-order chi connectivity index (χ1) is 8.00. The summed E-state index contributed by atoms with van der Waals surface area (Å²) in [4.78, 5) is 0. The Bertz CT molecular complexity index is 367. The third-order valence-electron chi connectivity index (χ3n) is 4.08. The molecule has 0 amide bonds. The molecule has 0 bridgehead atoms. The van der Waals surface area contributed by atoms with Crippen LogP contribution in [0, 0.1) is 11.3 Å². The molecule has 2 unspecified atom stereocenters. The van der Waals surface area contributed by atoms with E-state index in [9.17, 15) is 0 Å². The van der Waals surface area contributed by atoms with E-state index in [1.165, 1.54) is 24.8 Å². The van der Waals surface area contributed by atoms with Crippen LogP contribution < -0.4 is 5.73 Å². The van der Waals surface area contributed by atoms with E-state index in [0.717, 1.165) is 13.0 Å². The number of aryl methyl sites for hydroxylation is 1. The second-order valence-electron chi connectivity index (χ2n) is 6.24. The van der Waals surface area contributed by atoms with Gasteiger partial charge in [-0.25, -0.2) is 0 Å². The summed E-state index contributed by atoms with van der Waals surface area (Å²) >= 11 is 0. The molecule has 1 aromatic heterocycles. The van der Waals surface area contributed by atoms with Gasteiger partial charge in [0.2, 0.25) is 0 Å². The van der Waals surface area contributed by atoms with Gasteiger partial charge in [-0.05, 0) is 49.5 Å². The highest BCUT2D eigenvalue weighted by Gasteiger charge is 2.33. The average Bonchev–Trinajstić information content (AvgIpc) is 2.71. The van der Waals surface area contributed by atoms with E-state index in [2.05, 4.69) is 32.1 Å². The maximum Gasteiger partial charge on any atom is 0.0521 e. The minimum atomic E-state index is 0.369. The summed E-state index contributed by atoms with van der Waals surface area (Å²) in [5, 5.41) is 4.34. The Labute approximate surface area is 104 Å². The predicted molar refractivity (Wildman–Crippen MR) is 70.7 cm³/mol. The van der Waals surface area contributed by atoms with E-state index in [-0.39, 0.29) is 0 Å². The Morgan fingerprint density at radius 3 is 2.94 bits per heavy atom. The van der Waals surface area contributed by atoms with Gasteiger partial charge in [-0.2, -0.15) is 5.10 Å². The largest absolute Gasteiger partial charge is 0.327 e. The summed E-state index contributed by atoms with van der Waals surface area (Å²) in [5.74, 6) is 0.619. The third kappa shape index (κ3) is 3.09. The highest BCUT2D eigenvalue weighted by atomic mass is 15.3. The molecule has 0 aliphatic heterocycles. The van der Waals surface area contributed by atoms with Crippen molar-refractivity contribution in [1.82, 2.24) is 9.78 Å². The quantitative estimate of drug-likeness (QED) is 0.875. The van der Waals surface area contributed by atoms with Crippen molar-refractivity contribution in [1.29, 1.82) is 0 Å². The summed E-state index contributed by atoms with van der Waals surface area (Å²) in [6, 6.07) is 0.369. The lowest BCUT2D eigenvalue weighted by atomic mass is 9.69. The van der Waals surface area contributed by atoms with Gasteiger partial charge in [-0.3, -0.25) is 4.68 Å². The van der Waals surface area contributed by atoms with Crippen LogP contribution in [0.2, 0.25) is 0 Å². The van der Waals surface area contributed by atoms with Crippen LogP contribution in [-0.2, 0) is 13.0 Å². The molecule has 1 aliphatic carbocycles.